The molecule has 0 aliphatic heterocycles. The standard InChI is InChI=1S/C11H14N2O2/c1-13(9-2-4-12-5-3-9)10-6-8(7-10)11(14)15/h2-5,8,10H,6-7H2,1H3,(H,14,15). The third-order valence-electron chi connectivity index (χ3n) is 3.08. The number of nitrogens with zero attached hydrogens (tertiary/aromatic N) is 2. The molecule has 1 aliphatic rings. The molecular formula is C11H14N2O2. The first-order valence-electron chi connectivity index (χ1n) is 5.04. The van der Waals surface area contributed by atoms with E-state index in [0.717, 1.165) is 18.5 Å². The zero-order valence-electron chi connectivity index (χ0n) is 8.63. The van der Waals surface area contributed by atoms with Gasteiger partial charge in [0.15, 0.2) is 0 Å². The minimum atomic E-state index is -0.672. The van der Waals surface area contributed by atoms with Crippen molar-refractivity contribution in [1.82, 2.24) is 4.98 Å². The highest BCUT2D eigenvalue weighted by Crippen LogP contribution is 2.33. The molecule has 0 spiro atoms. The van der Waals surface area contributed by atoms with Crippen LogP contribution in [-0.2, 0) is 4.79 Å². The van der Waals surface area contributed by atoms with Gasteiger partial charge >= 0.3 is 5.97 Å². The summed E-state index contributed by atoms with van der Waals surface area (Å²) in [7, 11) is 2.00. The summed E-state index contributed by atoms with van der Waals surface area (Å²) in [5, 5.41) is 8.77. The van der Waals surface area contributed by atoms with Crippen LogP contribution in [0.4, 0.5) is 5.69 Å². The number of aromatic nitrogens is 1. The lowest BCUT2D eigenvalue weighted by molar-refractivity contribution is -0.145. The number of hydrogen-bond acceptors (Lipinski definition) is 3. The normalized spacial score (nSPS) is 24.3. The van der Waals surface area contributed by atoms with Gasteiger partial charge in [0.25, 0.3) is 0 Å². The Hall–Kier alpha value is -1.58. The van der Waals surface area contributed by atoms with E-state index in [1.54, 1.807) is 12.4 Å². The van der Waals surface area contributed by atoms with Gasteiger partial charge in [-0.3, -0.25) is 9.78 Å². The molecule has 0 bridgehead atoms. The highest BCUT2D eigenvalue weighted by molar-refractivity contribution is 5.71. The maximum Gasteiger partial charge on any atom is 0.306 e. The molecule has 1 saturated carbocycles. The van der Waals surface area contributed by atoms with Crippen molar-refractivity contribution in [3.05, 3.63) is 24.5 Å². The number of hydrogen-bond donors (Lipinski definition) is 1. The van der Waals surface area contributed by atoms with E-state index in [9.17, 15) is 4.79 Å². The molecule has 1 heterocycles. The summed E-state index contributed by atoms with van der Waals surface area (Å²) in [6, 6.07) is 4.23. The highest BCUT2D eigenvalue weighted by atomic mass is 16.4. The molecule has 0 saturated heterocycles. The molecule has 1 aromatic rings. The van der Waals surface area contributed by atoms with Crippen molar-refractivity contribution in [1.29, 1.82) is 0 Å². The van der Waals surface area contributed by atoms with Crippen LogP contribution in [0.15, 0.2) is 24.5 Å². The van der Waals surface area contributed by atoms with Gasteiger partial charge < -0.3 is 10.0 Å². The predicted octanol–water partition coefficient (Wildman–Crippen LogP) is 1.38. The van der Waals surface area contributed by atoms with Gasteiger partial charge in [-0.1, -0.05) is 0 Å². The number of anilines is 1. The number of carboxylic acids is 1. The first kappa shape index (κ1) is 9.96. The van der Waals surface area contributed by atoms with Crippen LogP contribution in [0.5, 0.6) is 0 Å². The second kappa shape index (κ2) is 3.88. The molecule has 15 heavy (non-hydrogen) atoms. The van der Waals surface area contributed by atoms with Gasteiger partial charge in [-0.05, 0) is 25.0 Å². The van der Waals surface area contributed by atoms with Crippen LogP contribution in [-0.4, -0.2) is 29.1 Å². The molecule has 4 nitrogen and oxygen atoms in total. The maximum absolute atomic E-state index is 10.7. The fraction of sp³-hybridized carbons (Fsp3) is 0.455. The van der Waals surface area contributed by atoms with Crippen LogP contribution >= 0.6 is 0 Å². The average molecular weight is 206 g/mol. The minimum absolute atomic E-state index is 0.153. The summed E-state index contributed by atoms with van der Waals surface area (Å²) in [6.07, 6.45) is 4.99. The van der Waals surface area contributed by atoms with Gasteiger partial charge in [-0.25, -0.2) is 0 Å². The summed E-state index contributed by atoms with van der Waals surface area (Å²) in [6.45, 7) is 0. The van der Waals surface area contributed by atoms with Gasteiger partial charge in [-0.2, -0.15) is 0 Å². The van der Waals surface area contributed by atoms with Crippen LogP contribution in [0.2, 0.25) is 0 Å². The molecule has 4 heteroatoms. The van der Waals surface area contributed by atoms with Gasteiger partial charge in [0.2, 0.25) is 0 Å². The first-order valence-corrected chi connectivity index (χ1v) is 5.04. The van der Waals surface area contributed by atoms with E-state index in [-0.39, 0.29) is 5.92 Å². The Kier molecular flexibility index (Phi) is 2.58. The van der Waals surface area contributed by atoms with E-state index in [2.05, 4.69) is 9.88 Å². The Bertz CT molecular complexity index is 347. The largest absolute Gasteiger partial charge is 0.481 e. The number of rotatable bonds is 3. The number of carbonyl (C=O) groups is 1. The van der Waals surface area contributed by atoms with E-state index < -0.39 is 5.97 Å². The van der Waals surface area contributed by atoms with Crippen molar-refractivity contribution in [2.75, 3.05) is 11.9 Å². The fourth-order valence-corrected chi connectivity index (χ4v) is 1.90. The average Bonchev–Trinajstić information content (AvgIpc) is 2.16. The zero-order chi connectivity index (χ0) is 10.8. The van der Waals surface area contributed by atoms with Gasteiger partial charge in [-0.15, -0.1) is 0 Å². The molecule has 0 aromatic carbocycles. The van der Waals surface area contributed by atoms with Crippen molar-refractivity contribution in [2.45, 2.75) is 18.9 Å². The molecule has 2 rings (SSSR count). The number of carboxylic acid groups (broad SMARTS) is 1. The molecule has 1 N–H and O–H groups in total. The monoisotopic (exact) mass is 206 g/mol. The topological polar surface area (TPSA) is 53.4 Å². The quantitative estimate of drug-likeness (QED) is 0.811. The van der Waals surface area contributed by atoms with Crippen LogP contribution in [0.3, 0.4) is 0 Å². The Morgan fingerprint density at radius 1 is 1.47 bits per heavy atom. The maximum atomic E-state index is 10.7. The molecule has 0 atom stereocenters. The smallest absolute Gasteiger partial charge is 0.306 e. The fourth-order valence-electron chi connectivity index (χ4n) is 1.90. The Balaban J connectivity index is 1.95. The van der Waals surface area contributed by atoms with Gasteiger partial charge in [0.05, 0.1) is 5.92 Å². The lowest BCUT2D eigenvalue weighted by Gasteiger charge is -2.40. The number of pyridine rings is 1. The lowest BCUT2D eigenvalue weighted by atomic mass is 9.79. The summed E-state index contributed by atoms with van der Waals surface area (Å²) < 4.78 is 0. The van der Waals surface area contributed by atoms with E-state index in [1.165, 1.54) is 0 Å². The molecule has 1 aliphatic carbocycles. The second-order valence-corrected chi connectivity index (χ2v) is 3.98. The Morgan fingerprint density at radius 2 is 2.07 bits per heavy atom. The van der Waals surface area contributed by atoms with Crippen molar-refractivity contribution in [3.63, 3.8) is 0 Å². The summed E-state index contributed by atoms with van der Waals surface area (Å²) >= 11 is 0. The Labute approximate surface area is 88.6 Å². The number of aliphatic carboxylic acids is 1. The third-order valence-corrected chi connectivity index (χ3v) is 3.08. The van der Waals surface area contributed by atoms with Crippen molar-refractivity contribution in [2.24, 2.45) is 5.92 Å². The molecule has 0 amide bonds. The van der Waals surface area contributed by atoms with E-state index >= 15 is 0 Å². The highest BCUT2D eigenvalue weighted by Gasteiger charge is 2.36. The van der Waals surface area contributed by atoms with Crippen molar-refractivity contribution < 1.29 is 9.90 Å². The summed E-state index contributed by atoms with van der Waals surface area (Å²) in [4.78, 5) is 16.7. The molecule has 0 unspecified atom stereocenters. The summed E-state index contributed by atoms with van der Waals surface area (Å²) in [5.41, 5.74) is 1.10. The van der Waals surface area contributed by atoms with E-state index in [1.807, 2.05) is 19.2 Å². The Morgan fingerprint density at radius 3 is 2.60 bits per heavy atom. The van der Waals surface area contributed by atoms with E-state index in [0.29, 0.717) is 6.04 Å². The molecular weight excluding hydrogens is 192 g/mol. The third kappa shape index (κ3) is 1.93. The predicted molar refractivity (Wildman–Crippen MR) is 56.8 cm³/mol. The van der Waals surface area contributed by atoms with Crippen molar-refractivity contribution >= 4 is 11.7 Å². The first-order chi connectivity index (χ1) is 7.18. The van der Waals surface area contributed by atoms with Crippen LogP contribution in [0, 0.1) is 5.92 Å². The van der Waals surface area contributed by atoms with E-state index in [4.69, 9.17) is 5.11 Å². The second-order valence-electron chi connectivity index (χ2n) is 3.98. The van der Waals surface area contributed by atoms with Crippen LogP contribution < -0.4 is 4.90 Å². The molecule has 80 valence electrons. The van der Waals surface area contributed by atoms with Crippen molar-refractivity contribution in [3.8, 4) is 0 Å². The van der Waals surface area contributed by atoms with Gasteiger partial charge in [0.1, 0.15) is 0 Å². The summed E-state index contributed by atoms with van der Waals surface area (Å²) in [5.74, 6) is -0.825. The van der Waals surface area contributed by atoms with Gasteiger partial charge in [0, 0.05) is 31.2 Å². The molecule has 1 fully saturated rings. The molecule has 0 radical (unpaired) electrons. The lowest BCUT2D eigenvalue weighted by Crippen LogP contribution is -2.45. The zero-order valence-corrected chi connectivity index (χ0v) is 8.63. The minimum Gasteiger partial charge on any atom is -0.481 e. The SMILES string of the molecule is CN(c1ccncc1)C1CC(C(=O)O)C1. The van der Waals surface area contributed by atoms with Crippen LogP contribution in [0.25, 0.3) is 0 Å². The molecule has 1 aromatic heterocycles. The van der Waals surface area contributed by atoms with Crippen LogP contribution in [0.1, 0.15) is 12.8 Å².